The highest BCUT2D eigenvalue weighted by Gasteiger charge is 2.30. The van der Waals surface area contributed by atoms with Gasteiger partial charge in [-0.05, 0) is 42.4 Å². The predicted octanol–water partition coefficient (Wildman–Crippen LogP) is 5.86. The zero-order valence-corrected chi connectivity index (χ0v) is 15.9. The molecule has 1 saturated carbocycles. The van der Waals surface area contributed by atoms with Crippen molar-refractivity contribution in [2.75, 3.05) is 0 Å². The fraction of sp³-hybridized carbons (Fsp3) is 0.565. The molecule has 3 rings (SSSR count). The van der Waals surface area contributed by atoms with E-state index in [-0.39, 0.29) is 5.92 Å². The Morgan fingerprint density at radius 1 is 1.04 bits per heavy atom. The molecule has 0 spiro atoms. The number of allylic oxidation sites excluding steroid dienone is 1. The topological polar surface area (TPSA) is 29.4 Å². The number of benzene rings is 1. The summed E-state index contributed by atoms with van der Waals surface area (Å²) >= 11 is 0. The number of fused-ring (bicyclic) bond motifs is 1. The Morgan fingerprint density at radius 3 is 2.32 bits per heavy atom. The summed E-state index contributed by atoms with van der Waals surface area (Å²) < 4.78 is 0. The van der Waals surface area contributed by atoms with Crippen LogP contribution in [0.5, 0.6) is 0 Å². The van der Waals surface area contributed by atoms with Crippen LogP contribution in [0.25, 0.3) is 5.57 Å². The zero-order valence-electron chi connectivity index (χ0n) is 15.9. The van der Waals surface area contributed by atoms with Gasteiger partial charge >= 0.3 is 0 Å². The second-order valence-electron chi connectivity index (χ2n) is 8.05. The maximum absolute atomic E-state index is 12.0. The van der Waals surface area contributed by atoms with Crippen LogP contribution in [0.2, 0.25) is 0 Å². The standard InChI is InChI=1S/C23H31NO/c1-16(2)23(25)14-18-10-12-19(13-11-18)22-15-24-17(3)20-8-6-4-5-7-9-21(20)22/h10-13,15-16,20-21H,4-9,14H2,1-3H3. The zero-order chi connectivity index (χ0) is 17.8. The largest absolute Gasteiger partial charge is 0.299 e. The number of carbonyl (C=O) groups is 1. The molecule has 0 bridgehead atoms. The molecule has 2 unspecified atom stereocenters. The molecule has 25 heavy (non-hydrogen) atoms. The lowest BCUT2D eigenvalue weighted by Crippen LogP contribution is -2.27. The Labute approximate surface area is 152 Å². The normalized spacial score (nSPS) is 24.0. The number of rotatable bonds is 4. The van der Waals surface area contributed by atoms with Crippen LogP contribution in [0.3, 0.4) is 0 Å². The lowest BCUT2D eigenvalue weighted by atomic mass is 9.72. The molecule has 0 aromatic heterocycles. The van der Waals surface area contributed by atoms with Gasteiger partial charge in [0.05, 0.1) is 0 Å². The van der Waals surface area contributed by atoms with Crippen molar-refractivity contribution in [3.8, 4) is 0 Å². The van der Waals surface area contributed by atoms with Crippen LogP contribution in [-0.4, -0.2) is 11.5 Å². The van der Waals surface area contributed by atoms with Crippen LogP contribution in [0.15, 0.2) is 35.5 Å². The molecule has 0 saturated heterocycles. The molecule has 1 heterocycles. The first-order chi connectivity index (χ1) is 12.1. The highest BCUT2D eigenvalue weighted by atomic mass is 16.1. The third kappa shape index (κ3) is 4.29. The Morgan fingerprint density at radius 2 is 1.68 bits per heavy atom. The Kier molecular flexibility index (Phi) is 5.88. The number of aliphatic imine (C=N–C) groups is 1. The van der Waals surface area contributed by atoms with Crippen LogP contribution in [0.1, 0.15) is 70.4 Å². The highest BCUT2D eigenvalue weighted by molar-refractivity contribution is 5.90. The van der Waals surface area contributed by atoms with E-state index in [1.165, 1.54) is 55.4 Å². The molecule has 1 aromatic carbocycles. The molecule has 0 radical (unpaired) electrons. The number of hydrogen-bond acceptors (Lipinski definition) is 2. The van der Waals surface area contributed by atoms with E-state index < -0.39 is 0 Å². The van der Waals surface area contributed by atoms with Crippen molar-refractivity contribution >= 4 is 17.1 Å². The van der Waals surface area contributed by atoms with E-state index in [0.717, 1.165) is 5.56 Å². The molecule has 1 fully saturated rings. The molecule has 0 amide bonds. The summed E-state index contributed by atoms with van der Waals surface area (Å²) in [6.07, 6.45) is 10.6. The molecular weight excluding hydrogens is 306 g/mol. The van der Waals surface area contributed by atoms with E-state index in [9.17, 15) is 4.79 Å². The van der Waals surface area contributed by atoms with Crippen LogP contribution in [0, 0.1) is 17.8 Å². The van der Waals surface area contributed by atoms with Crippen LogP contribution in [0.4, 0.5) is 0 Å². The first kappa shape index (κ1) is 18.1. The van der Waals surface area contributed by atoms with Gasteiger partial charge in [0.25, 0.3) is 0 Å². The number of Topliss-reactive ketones (excluding diaryl/α,β-unsaturated/α-hetero) is 1. The summed E-state index contributed by atoms with van der Waals surface area (Å²) in [6, 6.07) is 8.64. The van der Waals surface area contributed by atoms with Gasteiger partial charge in [-0.15, -0.1) is 0 Å². The van der Waals surface area contributed by atoms with Gasteiger partial charge in [-0.1, -0.05) is 63.8 Å². The minimum absolute atomic E-state index is 0.105. The van der Waals surface area contributed by atoms with Gasteiger partial charge in [0.15, 0.2) is 0 Å². The van der Waals surface area contributed by atoms with Crippen molar-refractivity contribution in [2.45, 2.75) is 65.7 Å². The van der Waals surface area contributed by atoms with E-state index in [1.807, 2.05) is 13.8 Å². The van der Waals surface area contributed by atoms with Crippen LogP contribution < -0.4 is 0 Å². The molecular formula is C23H31NO. The van der Waals surface area contributed by atoms with Crippen molar-refractivity contribution in [1.29, 1.82) is 0 Å². The third-order valence-electron chi connectivity index (χ3n) is 5.92. The minimum atomic E-state index is 0.105. The second kappa shape index (κ2) is 8.12. The monoisotopic (exact) mass is 337 g/mol. The number of carbonyl (C=O) groups excluding carboxylic acids is 1. The minimum Gasteiger partial charge on any atom is -0.299 e. The van der Waals surface area contributed by atoms with E-state index in [1.54, 1.807) is 0 Å². The SMILES string of the molecule is CC1=NC=C(c2ccc(CC(=O)C(C)C)cc2)C2CCCCCCC12. The molecule has 2 nitrogen and oxygen atoms in total. The molecule has 1 aromatic rings. The lowest BCUT2D eigenvalue weighted by molar-refractivity contribution is -0.121. The first-order valence-electron chi connectivity index (χ1n) is 9.92. The average molecular weight is 338 g/mol. The van der Waals surface area contributed by atoms with Crippen molar-refractivity contribution in [3.63, 3.8) is 0 Å². The molecule has 1 aliphatic carbocycles. The van der Waals surface area contributed by atoms with Crippen molar-refractivity contribution in [3.05, 3.63) is 41.6 Å². The summed E-state index contributed by atoms with van der Waals surface area (Å²) in [6.45, 7) is 6.14. The van der Waals surface area contributed by atoms with Gasteiger partial charge < -0.3 is 0 Å². The van der Waals surface area contributed by atoms with Gasteiger partial charge in [-0.2, -0.15) is 0 Å². The number of ketones is 1. The van der Waals surface area contributed by atoms with Gasteiger partial charge in [0.1, 0.15) is 5.78 Å². The average Bonchev–Trinajstić information content (AvgIpc) is 2.57. The van der Waals surface area contributed by atoms with Gasteiger partial charge in [-0.3, -0.25) is 9.79 Å². The fourth-order valence-electron chi connectivity index (χ4n) is 4.23. The summed E-state index contributed by atoms with van der Waals surface area (Å²) in [5.74, 6) is 1.64. The Balaban J connectivity index is 1.80. The first-order valence-corrected chi connectivity index (χ1v) is 9.92. The molecule has 2 heteroatoms. The van der Waals surface area contributed by atoms with Crippen LogP contribution >= 0.6 is 0 Å². The Hall–Kier alpha value is -1.70. The van der Waals surface area contributed by atoms with E-state index in [0.29, 0.717) is 24.0 Å². The number of hydrogen-bond donors (Lipinski definition) is 0. The van der Waals surface area contributed by atoms with Gasteiger partial charge in [-0.25, -0.2) is 0 Å². The smallest absolute Gasteiger partial charge is 0.139 e. The fourth-order valence-corrected chi connectivity index (χ4v) is 4.23. The van der Waals surface area contributed by atoms with E-state index in [4.69, 9.17) is 4.99 Å². The van der Waals surface area contributed by atoms with Gasteiger partial charge in [0.2, 0.25) is 0 Å². The predicted molar refractivity (Wildman–Crippen MR) is 106 cm³/mol. The summed E-state index contributed by atoms with van der Waals surface area (Å²) in [5.41, 5.74) is 5.12. The highest BCUT2D eigenvalue weighted by Crippen LogP contribution is 2.41. The molecule has 2 aliphatic rings. The summed E-state index contributed by atoms with van der Waals surface area (Å²) in [4.78, 5) is 16.7. The maximum Gasteiger partial charge on any atom is 0.139 e. The molecule has 2 atom stereocenters. The van der Waals surface area contributed by atoms with Crippen molar-refractivity contribution in [2.24, 2.45) is 22.7 Å². The van der Waals surface area contributed by atoms with Crippen molar-refractivity contribution < 1.29 is 4.79 Å². The maximum atomic E-state index is 12.0. The quantitative estimate of drug-likeness (QED) is 0.677. The molecule has 134 valence electrons. The summed E-state index contributed by atoms with van der Waals surface area (Å²) in [7, 11) is 0. The van der Waals surface area contributed by atoms with Crippen molar-refractivity contribution in [1.82, 2.24) is 0 Å². The summed E-state index contributed by atoms with van der Waals surface area (Å²) in [5, 5.41) is 0. The number of nitrogens with zero attached hydrogens (tertiary/aromatic N) is 1. The lowest BCUT2D eigenvalue weighted by Gasteiger charge is -2.34. The van der Waals surface area contributed by atoms with Gasteiger partial charge in [0, 0.05) is 30.2 Å². The third-order valence-corrected chi connectivity index (χ3v) is 5.92. The van der Waals surface area contributed by atoms with E-state index >= 15 is 0 Å². The Bertz CT molecular complexity index is 666. The van der Waals surface area contributed by atoms with Crippen LogP contribution in [-0.2, 0) is 11.2 Å². The second-order valence-corrected chi connectivity index (χ2v) is 8.05. The molecule has 0 N–H and O–H groups in total. The van der Waals surface area contributed by atoms with E-state index in [2.05, 4.69) is 37.4 Å². The molecule has 1 aliphatic heterocycles.